The Balaban J connectivity index is 0.000000250. The average molecular weight is 951 g/mol. The number of hydrogen-bond acceptors (Lipinski definition) is 11. The van der Waals surface area contributed by atoms with Crippen LogP contribution in [0.4, 0.5) is 16.2 Å². The molecule has 2 heterocycles. The zero-order valence-electron chi connectivity index (χ0n) is 39.2. The van der Waals surface area contributed by atoms with Gasteiger partial charge >= 0.3 is 18.0 Å². The Hall–Kier alpha value is -5.36. The molecule has 3 N–H and O–H groups in total. The minimum atomic E-state index is -2.63. The molecule has 10 nitrogen and oxygen atoms in total. The van der Waals surface area contributed by atoms with Gasteiger partial charge < -0.3 is 28.8 Å². The van der Waals surface area contributed by atoms with Gasteiger partial charge in [-0.25, -0.2) is 14.4 Å². The van der Waals surface area contributed by atoms with E-state index < -0.39 is 41.0 Å². The molecule has 1 unspecified atom stereocenters. The number of rotatable bonds is 13. The molecule has 0 aliphatic rings. The number of amides is 1. The molecule has 6 rings (SSSR count). The lowest BCUT2D eigenvalue weighted by molar-refractivity contribution is 0.0596. The molecule has 0 aliphatic carbocycles. The zero-order chi connectivity index (χ0) is 47.6. The van der Waals surface area contributed by atoms with Crippen molar-refractivity contribution in [3.63, 3.8) is 0 Å². The van der Waals surface area contributed by atoms with Crippen LogP contribution in [-0.2, 0) is 29.7 Å². The van der Waals surface area contributed by atoms with Crippen LogP contribution < -0.4 is 31.8 Å². The van der Waals surface area contributed by atoms with E-state index in [1.807, 2.05) is 54.6 Å². The number of nitrogens with one attached hydrogen (secondary N) is 1. The minimum Gasteiger partial charge on any atom is -0.465 e. The van der Waals surface area contributed by atoms with Gasteiger partial charge in [0, 0.05) is 9.75 Å². The molecule has 1 atom stereocenters. The van der Waals surface area contributed by atoms with E-state index in [9.17, 15) is 14.4 Å². The Morgan fingerprint density at radius 1 is 0.662 bits per heavy atom. The number of ether oxygens (including phenoxy) is 3. The second kappa shape index (κ2) is 21.8. The molecular formula is C51H62N2O8S2Si2. The Bertz CT molecular complexity index is 2400. The molecule has 0 saturated heterocycles. The first kappa shape index (κ1) is 50.6. The smallest absolute Gasteiger partial charge is 0.412 e. The lowest BCUT2D eigenvalue weighted by atomic mass is 9.88. The van der Waals surface area contributed by atoms with Gasteiger partial charge in [0.2, 0.25) is 9.04 Å². The first-order valence-electron chi connectivity index (χ1n) is 21.4. The number of carbonyl (C=O) groups excluding carboxylic acids is 3. The molecule has 0 bridgehead atoms. The summed E-state index contributed by atoms with van der Waals surface area (Å²) < 4.78 is 29.1. The molecule has 0 fully saturated rings. The number of benzene rings is 4. The van der Waals surface area contributed by atoms with Gasteiger partial charge in [-0.2, -0.15) is 0 Å². The Morgan fingerprint density at radius 3 is 1.55 bits per heavy atom. The Morgan fingerprint density at radius 2 is 1.12 bits per heavy atom. The normalized spacial score (nSPS) is 12.4. The van der Waals surface area contributed by atoms with Crippen molar-refractivity contribution in [2.75, 3.05) is 25.3 Å². The first-order valence-corrected chi connectivity index (χ1v) is 26.5. The van der Waals surface area contributed by atoms with Gasteiger partial charge in [-0.15, -0.1) is 22.7 Å². The van der Waals surface area contributed by atoms with Crippen LogP contribution in [0.1, 0.15) is 97.5 Å². The lowest BCUT2D eigenvalue weighted by Crippen LogP contribution is -2.66. The van der Waals surface area contributed by atoms with E-state index in [0.717, 1.165) is 20.1 Å². The van der Waals surface area contributed by atoms with Crippen molar-refractivity contribution in [1.29, 1.82) is 0 Å². The second-order valence-electron chi connectivity index (χ2n) is 18.5. The summed E-state index contributed by atoms with van der Waals surface area (Å²) in [5.74, 6) is -0.936. The SMILES string of the molecule is COC(=O)c1sc(C(O[SiH](c2ccccc2)c2ccccc2)C(C)(C)C)cc1NC(=O)OC(C)(C)C.COC(=O)c1sc(CO[Si](c2ccccc2)(c2ccccc2)C(C)(C)C)cc1N. The summed E-state index contributed by atoms with van der Waals surface area (Å²) in [4.78, 5) is 39.5. The molecule has 4 aromatic carbocycles. The maximum atomic E-state index is 12.6. The van der Waals surface area contributed by atoms with Crippen molar-refractivity contribution in [1.82, 2.24) is 0 Å². The third-order valence-electron chi connectivity index (χ3n) is 10.3. The van der Waals surface area contributed by atoms with Crippen molar-refractivity contribution >= 4 is 90.2 Å². The quantitative estimate of drug-likeness (QED) is 0.0659. The maximum Gasteiger partial charge on any atom is 0.412 e. The number of carbonyl (C=O) groups is 3. The van der Waals surface area contributed by atoms with E-state index in [1.165, 1.54) is 47.3 Å². The fourth-order valence-corrected chi connectivity index (χ4v) is 17.1. The molecule has 2 aromatic heterocycles. The fourth-order valence-electron chi connectivity index (χ4n) is 7.45. The molecule has 0 saturated carbocycles. The highest BCUT2D eigenvalue weighted by Crippen LogP contribution is 2.43. The van der Waals surface area contributed by atoms with Crippen LogP contribution in [0.3, 0.4) is 0 Å². The summed E-state index contributed by atoms with van der Waals surface area (Å²) in [5, 5.41) is 7.38. The van der Waals surface area contributed by atoms with Crippen molar-refractivity contribution in [3.05, 3.63) is 153 Å². The Kier molecular flexibility index (Phi) is 16.9. The van der Waals surface area contributed by atoms with Crippen LogP contribution in [0.2, 0.25) is 5.04 Å². The zero-order valence-corrected chi connectivity index (χ0v) is 43.0. The van der Waals surface area contributed by atoms with Gasteiger partial charge in [0.25, 0.3) is 8.32 Å². The van der Waals surface area contributed by atoms with Gasteiger partial charge in [0.1, 0.15) is 15.4 Å². The van der Waals surface area contributed by atoms with Crippen molar-refractivity contribution in [2.45, 2.75) is 85.7 Å². The van der Waals surface area contributed by atoms with E-state index in [-0.39, 0.29) is 16.6 Å². The predicted octanol–water partition coefficient (Wildman–Crippen LogP) is 9.72. The summed E-state index contributed by atoms with van der Waals surface area (Å²) in [6, 6.07) is 45.1. The van der Waals surface area contributed by atoms with E-state index in [4.69, 9.17) is 28.8 Å². The molecule has 0 aliphatic heterocycles. The highest BCUT2D eigenvalue weighted by Gasteiger charge is 2.50. The number of nitrogens with two attached hydrogens (primary N) is 1. The number of esters is 2. The summed E-state index contributed by atoms with van der Waals surface area (Å²) in [6.45, 7) is 18.8. The number of hydrogen-bond donors (Lipinski definition) is 2. The van der Waals surface area contributed by atoms with Crippen LogP contribution in [0.15, 0.2) is 133 Å². The van der Waals surface area contributed by atoms with Gasteiger partial charge in [-0.05, 0) is 64.1 Å². The summed E-state index contributed by atoms with van der Waals surface area (Å²) >= 11 is 2.60. The Labute approximate surface area is 394 Å². The molecule has 6 aromatic rings. The third-order valence-corrected chi connectivity index (χ3v) is 20.1. The highest BCUT2D eigenvalue weighted by molar-refractivity contribution is 7.15. The largest absolute Gasteiger partial charge is 0.465 e. The lowest BCUT2D eigenvalue weighted by Gasteiger charge is -2.43. The molecule has 0 radical (unpaired) electrons. The average Bonchev–Trinajstić information content (AvgIpc) is 3.86. The van der Waals surface area contributed by atoms with E-state index in [2.05, 4.69) is 120 Å². The van der Waals surface area contributed by atoms with Gasteiger partial charge in [-0.1, -0.05) is 163 Å². The van der Waals surface area contributed by atoms with Gasteiger partial charge in [0.15, 0.2) is 0 Å². The second-order valence-corrected chi connectivity index (χ2v) is 27.4. The van der Waals surface area contributed by atoms with Crippen molar-refractivity contribution < 1.29 is 37.4 Å². The monoisotopic (exact) mass is 950 g/mol. The number of anilines is 2. The molecule has 65 heavy (non-hydrogen) atoms. The number of methoxy groups -OCH3 is 2. The third kappa shape index (κ3) is 12.9. The van der Waals surface area contributed by atoms with Crippen LogP contribution in [0.25, 0.3) is 0 Å². The topological polar surface area (TPSA) is 135 Å². The van der Waals surface area contributed by atoms with E-state index in [0.29, 0.717) is 27.7 Å². The number of thiophene rings is 2. The van der Waals surface area contributed by atoms with Crippen LogP contribution in [0.5, 0.6) is 0 Å². The number of nitrogen functional groups attached to an aromatic ring is 1. The van der Waals surface area contributed by atoms with E-state index >= 15 is 0 Å². The summed E-state index contributed by atoms with van der Waals surface area (Å²) in [7, 11) is -2.04. The molecule has 1 amide bonds. The fraction of sp³-hybridized carbons (Fsp3) is 0.314. The molecule has 0 spiro atoms. The van der Waals surface area contributed by atoms with Gasteiger partial charge in [0.05, 0.1) is 38.3 Å². The molecular weight excluding hydrogens is 889 g/mol. The van der Waals surface area contributed by atoms with Crippen LogP contribution >= 0.6 is 22.7 Å². The molecule has 344 valence electrons. The van der Waals surface area contributed by atoms with Crippen LogP contribution in [-0.4, -0.2) is 55.2 Å². The van der Waals surface area contributed by atoms with Crippen molar-refractivity contribution in [3.8, 4) is 0 Å². The first-order chi connectivity index (χ1) is 30.7. The summed E-state index contributed by atoms with van der Waals surface area (Å²) in [5.41, 5.74) is 5.85. The standard InChI is InChI=1S/C28H35NO5SSi.C23H27NO3SSi/c1-27(2,3)24(34-36(19-14-10-8-11-15-19)20-16-12-9-13-17-20)22-18-21(23(35-22)25(30)32-7)29-26(31)33-28(4,5)6;1-23(2,3)29(18-11-7-5-8-12-18,19-13-9-6-10-14-19)27-16-17-15-20(24)21(28-17)22(25)26-4/h8-18,24,36H,1-7H3,(H,29,31);5-15H,16,24H2,1-4H3. The van der Waals surface area contributed by atoms with E-state index in [1.54, 1.807) is 26.8 Å². The van der Waals surface area contributed by atoms with Crippen LogP contribution in [0, 0.1) is 5.41 Å². The van der Waals surface area contributed by atoms with Gasteiger partial charge in [-0.3, -0.25) is 5.32 Å². The summed E-state index contributed by atoms with van der Waals surface area (Å²) in [6.07, 6.45) is -0.969. The maximum absolute atomic E-state index is 12.6. The molecule has 14 heteroatoms. The highest BCUT2D eigenvalue weighted by atomic mass is 32.1. The van der Waals surface area contributed by atoms with Crippen molar-refractivity contribution in [2.24, 2.45) is 5.41 Å². The predicted molar refractivity (Wildman–Crippen MR) is 271 cm³/mol. The minimum absolute atomic E-state index is 0.107.